The molecule has 0 saturated carbocycles. The van der Waals surface area contributed by atoms with Gasteiger partial charge in [0.05, 0.1) is 26.0 Å². The van der Waals surface area contributed by atoms with E-state index in [1.54, 1.807) is 14.2 Å². The Morgan fingerprint density at radius 2 is 2.00 bits per heavy atom. The number of hydrogen-bond donors (Lipinski definition) is 0. The zero-order chi connectivity index (χ0) is 15.8. The fourth-order valence-electron chi connectivity index (χ4n) is 3.17. The largest absolute Gasteiger partial charge is 0.497 e. The lowest BCUT2D eigenvalue weighted by Gasteiger charge is -2.30. The summed E-state index contributed by atoms with van der Waals surface area (Å²) in [6.07, 6.45) is 0.836. The molecule has 0 saturated heterocycles. The van der Waals surface area contributed by atoms with Crippen LogP contribution in [0.5, 0.6) is 17.2 Å². The second-order valence-electron chi connectivity index (χ2n) is 5.58. The molecule has 5 heteroatoms. The highest BCUT2D eigenvalue weighted by molar-refractivity contribution is 6.04. The van der Waals surface area contributed by atoms with Gasteiger partial charge < -0.3 is 14.2 Å². The minimum absolute atomic E-state index is 0.224. The van der Waals surface area contributed by atoms with Gasteiger partial charge in [0.2, 0.25) is 0 Å². The molecule has 2 aliphatic heterocycles. The third kappa shape index (κ3) is 2.29. The highest BCUT2D eigenvalue weighted by Gasteiger charge is 2.34. The van der Waals surface area contributed by atoms with Crippen molar-refractivity contribution in [2.75, 3.05) is 21.0 Å². The van der Waals surface area contributed by atoms with Crippen molar-refractivity contribution in [3.05, 3.63) is 53.6 Å². The molecule has 23 heavy (non-hydrogen) atoms. The van der Waals surface area contributed by atoms with Gasteiger partial charge >= 0.3 is 0 Å². The van der Waals surface area contributed by atoms with E-state index in [0.29, 0.717) is 6.73 Å². The highest BCUT2D eigenvalue weighted by Crippen LogP contribution is 2.41. The molecule has 4 rings (SSSR count). The van der Waals surface area contributed by atoms with Crippen molar-refractivity contribution in [2.45, 2.75) is 12.5 Å². The van der Waals surface area contributed by atoms with Crippen LogP contribution < -0.4 is 14.2 Å². The summed E-state index contributed by atoms with van der Waals surface area (Å²) in [6.45, 7) is 0.476. The number of benzene rings is 2. The first-order chi connectivity index (χ1) is 11.3. The summed E-state index contributed by atoms with van der Waals surface area (Å²) < 4.78 is 16.6. The Morgan fingerprint density at radius 3 is 2.83 bits per heavy atom. The maximum Gasteiger partial charge on any atom is 0.177 e. The molecule has 0 bridgehead atoms. The molecule has 0 fully saturated rings. The first-order valence-electron chi connectivity index (χ1n) is 7.58. The van der Waals surface area contributed by atoms with Crippen LogP contribution in [0.25, 0.3) is 0 Å². The fraction of sp³-hybridized carbons (Fsp3) is 0.278. The van der Waals surface area contributed by atoms with Crippen LogP contribution in [0, 0.1) is 0 Å². The molecule has 2 heterocycles. The average Bonchev–Trinajstić information content (AvgIpc) is 3.05. The topological polar surface area (TPSA) is 43.3 Å². The standard InChI is InChI=1S/C18H18N2O3/c1-21-12-7-8-13(18(9-12)22-2)15-10-16-14-5-3-4-6-17(14)23-11-20(16)19-15/h3-9,16H,10-11H2,1-2H3/t16-/m0/s1. The van der Waals surface area contributed by atoms with Gasteiger partial charge in [0.1, 0.15) is 17.2 Å². The van der Waals surface area contributed by atoms with Crippen molar-refractivity contribution in [1.29, 1.82) is 0 Å². The van der Waals surface area contributed by atoms with Crippen LogP contribution in [0.15, 0.2) is 47.6 Å². The number of fused-ring (bicyclic) bond motifs is 3. The number of para-hydroxylation sites is 1. The van der Waals surface area contributed by atoms with E-state index in [2.05, 4.69) is 6.07 Å². The maximum absolute atomic E-state index is 5.78. The molecule has 5 nitrogen and oxygen atoms in total. The zero-order valence-corrected chi connectivity index (χ0v) is 13.2. The normalized spacial score (nSPS) is 18.6. The van der Waals surface area contributed by atoms with Crippen LogP contribution in [0.2, 0.25) is 0 Å². The van der Waals surface area contributed by atoms with E-state index in [9.17, 15) is 0 Å². The van der Waals surface area contributed by atoms with Crippen molar-refractivity contribution in [2.24, 2.45) is 5.10 Å². The number of hydrazone groups is 1. The molecule has 0 aliphatic carbocycles. The van der Waals surface area contributed by atoms with Gasteiger partial charge in [-0.2, -0.15) is 5.10 Å². The lowest BCUT2D eigenvalue weighted by Crippen LogP contribution is -2.29. The quantitative estimate of drug-likeness (QED) is 0.873. The van der Waals surface area contributed by atoms with Crippen molar-refractivity contribution in [1.82, 2.24) is 5.01 Å². The molecule has 2 aromatic rings. The summed E-state index contributed by atoms with van der Waals surface area (Å²) in [4.78, 5) is 0. The van der Waals surface area contributed by atoms with Gasteiger partial charge in [-0.05, 0) is 18.2 Å². The second-order valence-corrected chi connectivity index (χ2v) is 5.58. The van der Waals surface area contributed by atoms with E-state index in [0.717, 1.165) is 34.9 Å². The third-order valence-corrected chi connectivity index (χ3v) is 4.35. The molecule has 2 aliphatic rings. The zero-order valence-electron chi connectivity index (χ0n) is 13.2. The van der Waals surface area contributed by atoms with Gasteiger partial charge in [-0.3, -0.25) is 5.01 Å². The number of nitrogens with zero attached hydrogens (tertiary/aromatic N) is 2. The maximum atomic E-state index is 5.78. The molecule has 0 radical (unpaired) electrons. The molecule has 0 amide bonds. The number of methoxy groups -OCH3 is 2. The van der Waals surface area contributed by atoms with Crippen LogP contribution in [-0.4, -0.2) is 31.7 Å². The first-order valence-corrected chi connectivity index (χ1v) is 7.58. The van der Waals surface area contributed by atoms with Gasteiger partial charge in [0, 0.05) is 23.6 Å². The van der Waals surface area contributed by atoms with E-state index in [-0.39, 0.29) is 6.04 Å². The van der Waals surface area contributed by atoms with E-state index >= 15 is 0 Å². The summed E-state index contributed by atoms with van der Waals surface area (Å²) in [7, 11) is 3.32. The first kappa shape index (κ1) is 13.9. The molecular weight excluding hydrogens is 292 g/mol. The van der Waals surface area contributed by atoms with Crippen molar-refractivity contribution in [3.63, 3.8) is 0 Å². The molecule has 1 atom stereocenters. The number of rotatable bonds is 3. The molecule has 0 aromatic heterocycles. The SMILES string of the molecule is COc1ccc(C2=NN3COc4ccccc4[C@@H]3C2)c(OC)c1. The predicted octanol–water partition coefficient (Wildman–Crippen LogP) is 3.20. The van der Waals surface area contributed by atoms with Crippen LogP contribution in [0.3, 0.4) is 0 Å². The van der Waals surface area contributed by atoms with Crippen molar-refractivity contribution >= 4 is 5.71 Å². The summed E-state index contributed by atoms with van der Waals surface area (Å²) >= 11 is 0. The second kappa shape index (κ2) is 5.50. The Labute approximate surface area is 135 Å². The van der Waals surface area contributed by atoms with E-state index in [1.165, 1.54) is 5.56 Å². The van der Waals surface area contributed by atoms with Gasteiger partial charge in [-0.1, -0.05) is 18.2 Å². The van der Waals surface area contributed by atoms with Crippen LogP contribution in [-0.2, 0) is 0 Å². The lowest BCUT2D eigenvalue weighted by atomic mass is 9.97. The average molecular weight is 310 g/mol. The minimum Gasteiger partial charge on any atom is -0.497 e. The molecule has 0 unspecified atom stereocenters. The van der Waals surface area contributed by atoms with Crippen LogP contribution in [0.1, 0.15) is 23.6 Å². The smallest absolute Gasteiger partial charge is 0.177 e. The monoisotopic (exact) mass is 310 g/mol. The van der Waals surface area contributed by atoms with Gasteiger partial charge in [0.25, 0.3) is 0 Å². The van der Waals surface area contributed by atoms with E-state index < -0.39 is 0 Å². The Hall–Kier alpha value is -2.69. The minimum atomic E-state index is 0.224. The van der Waals surface area contributed by atoms with Gasteiger partial charge in [-0.25, -0.2) is 0 Å². The van der Waals surface area contributed by atoms with Crippen molar-refractivity contribution in [3.8, 4) is 17.2 Å². The summed E-state index contributed by atoms with van der Waals surface area (Å²) in [5.74, 6) is 2.50. The highest BCUT2D eigenvalue weighted by atomic mass is 16.5. The van der Waals surface area contributed by atoms with Gasteiger partial charge in [0.15, 0.2) is 6.73 Å². The Bertz CT molecular complexity index is 773. The molecule has 0 spiro atoms. The lowest BCUT2D eigenvalue weighted by molar-refractivity contribution is 0.0750. The van der Waals surface area contributed by atoms with E-state index in [4.69, 9.17) is 19.3 Å². The number of hydrogen-bond acceptors (Lipinski definition) is 5. The number of ether oxygens (including phenoxy) is 3. The van der Waals surface area contributed by atoms with Gasteiger partial charge in [-0.15, -0.1) is 0 Å². The summed E-state index contributed by atoms with van der Waals surface area (Å²) in [6, 6.07) is 14.2. The molecule has 118 valence electrons. The Balaban J connectivity index is 1.69. The molecule has 0 N–H and O–H groups in total. The predicted molar refractivity (Wildman–Crippen MR) is 87.2 cm³/mol. The fourth-order valence-corrected chi connectivity index (χ4v) is 3.17. The molecule has 2 aromatic carbocycles. The Morgan fingerprint density at radius 1 is 1.13 bits per heavy atom. The Kier molecular flexibility index (Phi) is 3.33. The van der Waals surface area contributed by atoms with Crippen molar-refractivity contribution < 1.29 is 14.2 Å². The summed E-state index contributed by atoms with van der Waals surface area (Å²) in [5.41, 5.74) is 3.19. The van der Waals surface area contributed by atoms with Crippen LogP contribution >= 0.6 is 0 Å². The third-order valence-electron chi connectivity index (χ3n) is 4.35. The molecular formula is C18H18N2O3. The summed E-state index contributed by atoms with van der Waals surface area (Å²) in [5, 5.41) is 6.75. The van der Waals surface area contributed by atoms with Crippen LogP contribution in [0.4, 0.5) is 0 Å². The van der Waals surface area contributed by atoms with E-state index in [1.807, 2.05) is 41.4 Å².